The van der Waals surface area contributed by atoms with Crippen LogP contribution in [0, 0.1) is 0 Å². The van der Waals surface area contributed by atoms with Crippen molar-refractivity contribution in [3.8, 4) is 0 Å². The van der Waals surface area contributed by atoms with Crippen molar-refractivity contribution in [2.45, 2.75) is 38.4 Å². The molecule has 1 fully saturated rings. The van der Waals surface area contributed by atoms with E-state index in [1.807, 2.05) is 0 Å². The predicted molar refractivity (Wildman–Crippen MR) is 72.9 cm³/mol. The summed E-state index contributed by atoms with van der Waals surface area (Å²) in [6.45, 7) is 2.23. The van der Waals surface area contributed by atoms with Crippen LogP contribution in [0.1, 0.15) is 31.7 Å². The largest absolute Gasteiger partial charge is 0.416 e. The van der Waals surface area contributed by atoms with Gasteiger partial charge in [0.05, 0.1) is 5.56 Å². The summed E-state index contributed by atoms with van der Waals surface area (Å²) in [4.78, 5) is 29.1. The zero-order valence-electron chi connectivity index (χ0n) is 12.0. The molecule has 2 heterocycles. The van der Waals surface area contributed by atoms with E-state index in [-0.39, 0.29) is 11.7 Å². The van der Waals surface area contributed by atoms with Gasteiger partial charge in [-0.1, -0.05) is 6.92 Å². The van der Waals surface area contributed by atoms with E-state index < -0.39 is 23.7 Å². The van der Waals surface area contributed by atoms with Gasteiger partial charge in [-0.2, -0.15) is 13.2 Å². The third-order valence-electron chi connectivity index (χ3n) is 3.51. The normalized spacial score (nSPS) is 16.7. The fourth-order valence-electron chi connectivity index (χ4n) is 2.43. The molecule has 1 unspecified atom stereocenters. The average Bonchev–Trinajstić information content (AvgIpc) is 2.85. The lowest BCUT2D eigenvalue weighted by atomic mass is 10.1. The Balaban J connectivity index is 2.12. The Bertz CT molecular complexity index is 575. The molecule has 0 saturated carbocycles. The van der Waals surface area contributed by atoms with E-state index >= 15 is 0 Å². The first-order valence-corrected chi connectivity index (χ1v) is 6.96. The molecule has 0 bridgehead atoms. The number of anilines is 1. The van der Waals surface area contributed by atoms with Gasteiger partial charge in [0.25, 0.3) is 0 Å². The summed E-state index contributed by atoms with van der Waals surface area (Å²) in [6, 6.07) is 0.916. The van der Waals surface area contributed by atoms with E-state index in [9.17, 15) is 22.8 Å². The van der Waals surface area contributed by atoms with Crippen molar-refractivity contribution in [2.24, 2.45) is 0 Å². The minimum Gasteiger partial charge on any atom is -0.331 e. The lowest BCUT2D eigenvalue weighted by Gasteiger charge is -2.25. The molecule has 1 N–H and O–H groups in total. The van der Waals surface area contributed by atoms with E-state index in [1.165, 1.54) is 4.90 Å². The molecule has 0 aromatic carbocycles. The molecule has 1 aromatic heterocycles. The Hall–Kier alpha value is -2.12. The highest BCUT2D eigenvalue weighted by Crippen LogP contribution is 2.30. The van der Waals surface area contributed by atoms with Gasteiger partial charge in [-0.3, -0.25) is 9.59 Å². The van der Waals surface area contributed by atoms with Gasteiger partial charge in [0.1, 0.15) is 11.9 Å². The molecule has 1 saturated heterocycles. The fraction of sp³-hybridized carbons (Fsp3) is 0.500. The lowest BCUT2D eigenvalue weighted by molar-refractivity contribution is -0.137. The molecule has 1 atom stereocenters. The molecular weight excluding hydrogens is 299 g/mol. The Morgan fingerprint density at radius 2 is 2.23 bits per heavy atom. The molecule has 22 heavy (non-hydrogen) atoms. The lowest BCUT2D eigenvalue weighted by Crippen LogP contribution is -2.44. The Morgan fingerprint density at radius 1 is 1.50 bits per heavy atom. The number of alkyl halides is 3. The summed E-state index contributed by atoms with van der Waals surface area (Å²) in [5.41, 5.74) is -0.886. The zero-order chi connectivity index (χ0) is 16.3. The van der Waals surface area contributed by atoms with Gasteiger partial charge in [0, 0.05) is 19.2 Å². The fourth-order valence-corrected chi connectivity index (χ4v) is 2.43. The highest BCUT2D eigenvalue weighted by atomic mass is 19.4. The molecule has 0 radical (unpaired) electrons. The van der Waals surface area contributed by atoms with Crippen LogP contribution in [-0.2, 0) is 15.8 Å². The second-order valence-electron chi connectivity index (χ2n) is 5.03. The van der Waals surface area contributed by atoms with Crippen LogP contribution < -0.4 is 5.32 Å². The summed E-state index contributed by atoms with van der Waals surface area (Å²) in [7, 11) is 0. The number of likely N-dealkylation sites (tertiary alicyclic amines) is 1. The number of rotatable bonds is 4. The standard InChI is InChI=1S/C14H16F3N3O2/c1-2-10(20-7-3-4-12(20)21)13(22)19-11-8-9(5-6-18-11)14(15,16)17/h5-6,8,10H,2-4,7H2,1H3,(H,18,19,22). The summed E-state index contributed by atoms with van der Waals surface area (Å²) in [6.07, 6.45) is -2.05. The molecule has 1 aliphatic heterocycles. The maximum atomic E-state index is 12.6. The van der Waals surface area contributed by atoms with Crippen molar-refractivity contribution < 1.29 is 22.8 Å². The topological polar surface area (TPSA) is 62.3 Å². The quantitative estimate of drug-likeness (QED) is 0.928. The van der Waals surface area contributed by atoms with Gasteiger partial charge in [-0.25, -0.2) is 4.98 Å². The SMILES string of the molecule is CCC(C(=O)Nc1cc(C(F)(F)F)ccn1)N1CCCC1=O. The number of halogens is 3. The molecule has 120 valence electrons. The number of nitrogens with zero attached hydrogens (tertiary/aromatic N) is 2. The predicted octanol–water partition coefficient (Wildman–Crippen LogP) is 2.44. The molecule has 0 aliphatic carbocycles. The number of carbonyl (C=O) groups is 2. The van der Waals surface area contributed by atoms with Crippen LogP contribution in [0.4, 0.5) is 19.0 Å². The maximum Gasteiger partial charge on any atom is 0.416 e. The Kier molecular flexibility index (Phi) is 4.68. The van der Waals surface area contributed by atoms with Gasteiger partial charge < -0.3 is 10.2 Å². The Morgan fingerprint density at radius 3 is 2.77 bits per heavy atom. The van der Waals surface area contributed by atoms with E-state index in [0.717, 1.165) is 18.3 Å². The zero-order valence-corrected chi connectivity index (χ0v) is 12.0. The monoisotopic (exact) mass is 315 g/mol. The summed E-state index contributed by atoms with van der Waals surface area (Å²) in [5.74, 6) is -0.812. The summed E-state index contributed by atoms with van der Waals surface area (Å²) < 4.78 is 37.9. The first-order valence-electron chi connectivity index (χ1n) is 6.96. The van der Waals surface area contributed by atoms with Crippen LogP contribution in [-0.4, -0.2) is 34.3 Å². The van der Waals surface area contributed by atoms with Crippen molar-refractivity contribution >= 4 is 17.6 Å². The van der Waals surface area contributed by atoms with Gasteiger partial charge in [-0.05, 0) is 25.0 Å². The van der Waals surface area contributed by atoms with Gasteiger partial charge in [-0.15, -0.1) is 0 Å². The highest BCUT2D eigenvalue weighted by molar-refractivity contribution is 5.96. The Labute approximate surface area is 125 Å². The third-order valence-corrected chi connectivity index (χ3v) is 3.51. The first kappa shape index (κ1) is 16.3. The van der Waals surface area contributed by atoms with Gasteiger partial charge >= 0.3 is 6.18 Å². The van der Waals surface area contributed by atoms with E-state index in [1.54, 1.807) is 6.92 Å². The molecule has 0 spiro atoms. The first-order chi connectivity index (χ1) is 10.3. The number of hydrogen-bond donors (Lipinski definition) is 1. The van der Waals surface area contributed by atoms with E-state index in [0.29, 0.717) is 25.8 Å². The van der Waals surface area contributed by atoms with Crippen LogP contribution >= 0.6 is 0 Å². The number of aromatic nitrogens is 1. The van der Waals surface area contributed by atoms with Gasteiger partial charge in [0.15, 0.2) is 0 Å². The summed E-state index contributed by atoms with van der Waals surface area (Å²) >= 11 is 0. The van der Waals surface area contributed by atoms with Crippen molar-refractivity contribution in [1.82, 2.24) is 9.88 Å². The van der Waals surface area contributed by atoms with Crippen LogP contribution in [0.3, 0.4) is 0 Å². The van der Waals surface area contributed by atoms with Crippen LogP contribution in [0.2, 0.25) is 0 Å². The van der Waals surface area contributed by atoms with Crippen LogP contribution in [0.25, 0.3) is 0 Å². The van der Waals surface area contributed by atoms with Crippen molar-refractivity contribution in [2.75, 3.05) is 11.9 Å². The number of amides is 2. The van der Waals surface area contributed by atoms with Crippen molar-refractivity contribution in [1.29, 1.82) is 0 Å². The minimum absolute atomic E-state index is 0.112. The maximum absolute atomic E-state index is 12.6. The van der Waals surface area contributed by atoms with Gasteiger partial charge in [0.2, 0.25) is 11.8 Å². The smallest absolute Gasteiger partial charge is 0.331 e. The molecule has 2 amide bonds. The second-order valence-corrected chi connectivity index (χ2v) is 5.03. The molecule has 5 nitrogen and oxygen atoms in total. The number of pyridine rings is 1. The minimum atomic E-state index is -4.50. The molecule has 8 heteroatoms. The molecule has 1 aromatic rings. The number of hydrogen-bond acceptors (Lipinski definition) is 3. The van der Waals surface area contributed by atoms with Crippen LogP contribution in [0.5, 0.6) is 0 Å². The summed E-state index contributed by atoms with van der Waals surface area (Å²) in [5, 5.41) is 2.36. The van der Waals surface area contributed by atoms with E-state index in [2.05, 4.69) is 10.3 Å². The molecular formula is C14H16F3N3O2. The second kappa shape index (κ2) is 6.33. The van der Waals surface area contributed by atoms with E-state index in [4.69, 9.17) is 0 Å². The van der Waals surface area contributed by atoms with Crippen LogP contribution in [0.15, 0.2) is 18.3 Å². The van der Waals surface area contributed by atoms with Crippen molar-refractivity contribution in [3.05, 3.63) is 23.9 Å². The average molecular weight is 315 g/mol. The molecule has 2 rings (SSSR count). The molecule has 1 aliphatic rings. The third kappa shape index (κ3) is 3.55. The number of nitrogens with one attached hydrogen (secondary N) is 1. The highest BCUT2D eigenvalue weighted by Gasteiger charge is 2.33. The number of carbonyl (C=O) groups excluding carboxylic acids is 2. The van der Waals surface area contributed by atoms with Crippen molar-refractivity contribution in [3.63, 3.8) is 0 Å².